The largest absolute Gasteiger partial charge is 0.318 e. The van der Waals surface area contributed by atoms with Gasteiger partial charge in [0.2, 0.25) is 5.17 Å². The van der Waals surface area contributed by atoms with Gasteiger partial charge in [0.25, 0.3) is 5.91 Å². The number of aryl methyl sites for hydroxylation is 3. The molecule has 32 heavy (non-hydrogen) atoms. The number of aromatic nitrogens is 1. The number of rotatable bonds is 6. The maximum atomic E-state index is 12.8. The summed E-state index contributed by atoms with van der Waals surface area (Å²) in [6.07, 6.45) is 5.97. The van der Waals surface area contributed by atoms with Gasteiger partial charge in [-0.05, 0) is 93.3 Å². The number of thioether (sulfide) groups is 1. The minimum absolute atomic E-state index is 0.0918. The SMILES string of the molecule is CCCCCC1=NN2C(=N)C(=Cc3cc(C)n(-c4cc(C)cc(C)c4)c3C)C(=O)N=C2S1. The number of unbranched alkanes of at least 4 members (excludes halogenated alkanes) is 2. The average Bonchev–Trinajstić information content (AvgIpc) is 3.24. The van der Waals surface area contributed by atoms with Crippen LogP contribution in [0.4, 0.5) is 0 Å². The Labute approximate surface area is 193 Å². The normalized spacial score (nSPS) is 17.2. The second kappa shape index (κ2) is 8.90. The average molecular weight is 448 g/mol. The molecule has 7 heteroatoms. The molecule has 6 nitrogen and oxygen atoms in total. The number of nitrogens with zero attached hydrogens (tertiary/aromatic N) is 4. The number of aliphatic imine (C=N–C) groups is 1. The number of carbonyl (C=O) groups is 1. The van der Waals surface area contributed by atoms with E-state index in [0.717, 1.165) is 53.4 Å². The highest BCUT2D eigenvalue weighted by atomic mass is 32.2. The summed E-state index contributed by atoms with van der Waals surface area (Å²) in [4.78, 5) is 17.0. The molecular formula is C25H29N5OS. The van der Waals surface area contributed by atoms with Crippen LogP contribution in [0.1, 0.15) is 60.7 Å². The maximum absolute atomic E-state index is 12.8. The van der Waals surface area contributed by atoms with Crippen LogP contribution in [0.15, 0.2) is 39.9 Å². The molecular weight excluding hydrogens is 418 g/mol. The molecule has 0 saturated carbocycles. The number of nitrogens with one attached hydrogen (secondary N) is 1. The van der Waals surface area contributed by atoms with Crippen molar-refractivity contribution in [3.63, 3.8) is 0 Å². The van der Waals surface area contributed by atoms with Crippen LogP contribution in [0.3, 0.4) is 0 Å². The van der Waals surface area contributed by atoms with E-state index in [-0.39, 0.29) is 17.3 Å². The zero-order valence-corrected chi connectivity index (χ0v) is 20.1. The summed E-state index contributed by atoms with van der Waals surface area (Å²) in [5.41, 5.74) is 6.79. The summed E-state index contributed by atoms with van der Waals surface area (Å²) >= 11 is 1.40. The van der Waals surface area contributed by atoms with Gasteiger partial charge in [0.15, 0.2) is 5.84 Å². The molecule has 0 fully saturated rings. The fourth-order valence-corrected chi connectivity index (χ4v) is 5.15. The summed E-state index contributed by atoms with van der Waals surface area (Å²) < 4.78 is 2.19. The van der Waals surface area contributed by atoms with E-state index in [1.54, 1.807) is 6.08 Å². The van der Waals surface area contributed by atoms with E-state index in [0.29, 0.717) is 5.17 Å². The molecule has 3 heterocycles. The standard InChI is InChI=1S/C25H29N5OS/c1-6-7-8-9-22-28-30-23(26)21(24(31)27-25(30)32-22)14-19-13-17(4)29(18(19)5)20-11-15(2)10-16(3)12-20/h10-14,26H,6-9H2,1-5H3. The van der Waals surface area contributed by atoms with Gasteiger partial charge < -0.3 is 4.57 Å². The predicted octanol–water partition coefficient (Wildman–Crippen LogP) is 5.91. The van der Waals surface area contributed by atoms with Gasteiger partial charge in [0.1, 0.15) is 5.04 Å². The molecule has 4 rings (SSSR count). The van der Waals surface area contributed by atoms with Crippen molar-refractivity contribution in [2.75, 3.05) is 0 Å². The van der Waals surface area contributed by atoms with Crippen LogP contribution < -0.4 is 0 Å². The van der Waals surface area contributed by atoms with Gasteiger partial charge >= 0.3 is 0 Å². The van der Waals surface area contributed by atoms with Crippen molar-refractivity contribution < 1.29 is 4.79 Å². The van der Waals surface area contributed by atoms with Gasteiger partial charge in [-0.2, -0.15) is 15.1 Å². The number of amides is 1. The lowest BCUT2D eigenvalue weighted by Crippen LogP contribution is -2.35. The zero-order chi connectivity index (χ0) is 23.0. The number of amidine groups is 2. The summed E-state index contributed by atoms with van der Waals surface area (Å²) in [6.45, 7) is 10.4. The number of benzene rings is 1. The first-order chi connectivity index (χ1) is 15.3. The predicted molar refractivity (Wildman–Crippen MR) is 134 cm³/mol. The first-order valence-electron chi connectivity index (χ1n) is 11.0. The van der Waals surface area contributed by atoms with E-state index in [9.17, 15) is 4.79 Å². The van der Waals surface area contributed by atoms with Crippen molar-refractivity contribution in [3.8, 4) is 5.69 Å². The Morgan fingerprint density at radius 3 is 2.47 bits per heavy atom. The van der Waals surface area contributed by atoms with Gasteiger partial charge in [-0.1, -0.05) is 25.8 Å². The lowest BCUT2D eigenvalue weighted by atomic mass is 10.1. The van der Waals surface area contributed by atoms with Crippen LogP contribution >= 0.6 is 11.8 Å². The summed E-state index contributed by atoms with van der Waals surface area (Å²) in [5, 5.41) is 16.1. The van der Waals surface area contributed by atoms with Crippen LogP contribution in [0.2, 0.25) is 0 Å². The smallest absolute Gasteiger partial charge is 0.283 e. The number of hydrogen-bond acceptors (Lipinski definition) is 4. The zero-order valence-electron chi connectivity index (χ0n) is 19.3. The molecule has 0 spiro atoms. The van der Waals surface area contributed by atoms with Crippen LogP contribution in [0.5, 0.6) is 0 Å². The second-order valence-corrected chi connectivity index (χ2v) is 9.52. The Morgan fingerprint density at radius 1 is 1.06 bits per heavy atom. The molecule has 0 aliphatic carbocycles. The van der Waals surface area contributed by atoms with E-state index in [1.807, 2.05) is 6.92 Å². The lowest BCUT2D eigenvalue weighted by Gasteiger charge is -2.20. The fourth-order valence-electron chi connectivity index (χ4n) is 4.23. The van der Waals surface area contributed by atoms with E-state index in [2.05, 4.69) is 66.6 Å². The Hall–Kier alpha value is -2.93. The summed E-state index contributed by atoms with van der Waals surface area (Å²) in [7, 11) is 0. The van der Waals surface area contributed by atoms with Crippen LogP contribution in [0.25, 0.3) is 11.8 Å². The van der Waals surface area contributed by atoms with Gasteiger partial charge in [-0.15, -0.1) is 0 Å². The lowest BCUT2D eigenvalue weighted by molar-refractivity contribution is -0.114. The number of fused-ring (bicyclic) bond motifs is 1. The van der Waals surface area contributed by atoms with Crippen LogP contribution in [-0.2, 0) is 4.79 Å². The van der Waals surface area contributed by atoms with Gasteiger partial charge in [0.05, 0.1) is 5.57 Å². The van der Waals surface area contributed by atoms with Crippen molar-refractivity contribution >= 4 is 39.8 Å². The van der Waals surface area contributed by atoms with Crippen molar-refractivity contribution in [2.24, 2.45) is 10.1 Å². The molecule has 1 aromatic heterocycles. The highest BCUT2D eigenvalue weighted by molar-refractivity contribution is 8.26. The van der Waals surface area contributed by atoms with Crippen molar-refractivity contribution in [1.82, 2.24) is 9.58 Å². The van der Waals surface area contributed by atoms with E-state index in [1.165, 1.54) is 27.9 Å². The van der Waals surface area contributed by atoms with Gasteiger partial charge in [-0.25, -0.2) is 0 Å². The highest BCUT2D eigenvalue weighted by Gasteiger charge is 2.35. The quantitative estimate of drug-likeness (QED) is 0.442. The van der Waals surface area contributed by atoms with Gasteiger partial charge in [0, 0.05) is 17.1 Å². The number of hydrazone groups is 1. The Morgan fingerprint density at radius 2 is 1.78 bits per heavy atom. The first-order valence-corrected chi connectivity index (χ1v) is 11.9. The summed E-state index contributed by atoms with van der Waals surface area (Å²) in [5.74, 6) is -0.288. The minimum Gasteiger partial charge on any atom is -0.318 e. The Bertz CT molecular complexity index is 1180. The number of hydrogen-bond donors (Lipinski definition) is 1. The molecule has 1 N–H and O–H groups in total. The third-order valence-corrected chi connectivity index (χ3v) is 6.69. The first kappa shape index (κ1) is 22.3. The topological polar surface area (TPSA) is 73.8 Å². The van der Waals surface area contributed by atoms with E-state index >= 15 is 0 Å². The molecule has 1 aromatic carbocycles. The molecule has 1 amide bonds. The Balaban J connectivity index is 1.66. The molecule has 0 atom stereocenters. The van der Waals surface area contributed by atoms with Crippen LogP contribution in [0, 0.1) is 33.1 Å². The monoisotopic (exact) mass is 447 g/mol. The minimum atomic E-state index is -0.380. The molecule has 2 aliphatic rings. The molecule has 0 unspecified atom stereocenters. The third kappa shape index (κ3) is 4.21. The van der Waals surface area contributed by atoms with Crippen LogP contribution in [-0.4, -0.2) is 31.5 Å². The molecule has 166 valence electrons. The maximum Gasteiger partial charge on any atom is 0.283 e. The molecule has 2 aliphatic heterocycles. The fraction of sp³-hybridized carbons (Fsp3) is 0.360. The molecule has 0 radical (unpaired) electrons. The van der Waals surface area contributed by atoms with Crippen molar-refractivity contribution in [3.05, 3.63) is 57.9 Å². The second-order valence-electron chi connectivity index (χ2n) is 8.48. The summed E-state index contributed by atoms with van der Waals surface area (Å²) in [6, 6.07) is 8.52. The van der Waals surface area contributed by atoms with Crippen molar-refractivity contribution in [2.45, 2.75) is 60.3 Å². The van der Waals surface area contributed by atoms with E-state index < -0.39 is 0 Å². The number of carbonyl (C=O) groups excluding carboxylic acids is 1. The molecule has 0 saturated heterocycles. The van der Waals surface area contributed by atoms with Gasteiger partial charge in [-0.3, -0.25) is 10.2 Å². The Kier molecular flexibility index (Phi) is 6.20. The van der Waals surface area contributed by atoms with E-state index in [4.69, 9.17) is 5.41 Å². The third-order valence-electron chi connectivity index (χ3n) is 5.73. The highest BCUT2D eigenvalue weighted by Crippen LogP contribution is 2.31. The molecule has 2 aromatic rings. The van der Waals surface area contributed by atoms with Crippen molar-refractivity contribution in [1.29, 1.82) is 5.41 Å². The molecule has 0 bridgehead atoms.